The van der Waals surface area contributed by atoms with Crippen molar-refractivity contribution in [1.29, 1.82) is 0 Å². The number of methoxy groups -OCH3 is 1. The number of hydrogen-bond donors (Lipinski definition) is 1. The number of halogens is 3. The summed E-state index contributed by atoms with van der Waals surface area (Å²) >= 11 is 0. The molecule has 1 aromatic rings. The molecule has 0 unspecified atom stereocenters. The highest BCUT2D eigenvalue weighted by atomic mass is 19.4. The average Bonchev–Trinajstić information content (AvgIpc) is 2.42. The topological polar surface area (TPSA) is 53.7 Å². The number of hydrogen-bond acceptors (Lipinski definition) is 4. The van der Waals surface area contributed by atoms with Gasteiger partial charge in [-0.3, -0.25) is 0 Å². The third kappa shape index (κ3) is 6.79. The van der Waals surface area contributed by atoms with E-state index in [1.807, 2.05) is 0 Å². The number of ether oxygens (including phenoxy) is 3. The van der Waals surface area contributed by atoms with E-state index < -0.39 is 11.7 Å². The first kappa shape index (κ1) is 17.7. The lowest BCUT2D eigenvalue weighted by molar-refractivity contribution is -0.138. The zero-order valence-electron chi connectivity index (χ0n) is 11.9. The first-order valence-electron chi connectivity index (χ1n) is 6.55. The molecule has 0 aliphatic carbocycles. The van der Waals surface area contributed by atoms with Crippen LogP contribution in [0.4, 0.5) is 18.9 Å². The van der Waals surface area contributed by atoms with E-state index in [1.54, 1.807) is 7.11 Å². The summed E-state index contributed by atoms with van der Waals surface area (Å²) in [4.78, 5) is 0. The standard InChI is InChI=1S/C14H20F3NO3/c1-19-5-2-6-20-7-8-21-10-11-3-4-12(18)9-13(11)14(15,16)17/h3-4,9H,2,5-8,10,18H2,1H3. The molecular weight excluding hydrogens is 287 g/mol. The van der Waals surface area contributed by atoms with Crippen molar-refractivity contribution in [3.05, 3.63) is 29.3 Å². The van der Waals surface area contributed by atoms with Gasteiger partial charge in [-0.05, 0) is 24.1 Å². The first-order chi connectivity index (χ1) is 9.95. The third-order valence-corrected chi connectivity index (χ3v) is 2.71. The summed E-state index contributed by atoms with van der Waals surface area (Å²) in [6, 6.07) is 3.67. The highest BCUT2D eigenvalue weighted by Crippen LogP contribution is 2.33. The van der Waals surface area contributed by atoms with E-state index in [2.05, 4.69) is 0 Å². The molecule has 4 nitrogen and oxygen atoms in total. The molecule has 21 heavy (non-hydrogen) atoms. The number of nitrogen functional groups attached to an aromatic ring is 1. The Labute approximate surface area is 122 Å². The molecule has 1 aromatic carbocycles. The number of anilines is 1. The lowest BCUT2D eigenvalue weighted by Gasteiger charge is -2.14. The Morgan fingerprint density at radius 3 is 2.43 bits per heavy atom. The van der Waals surface area contributed by atoms with Crippen LogP contribution in [0.15, 0.2) is 18.2 Å². The summed E-state index contributed by atoms with van der Waals surface area (Å²) in [5.74, 6) is 0. The average molecular weight is 307 g/mol. The summed E-state index contributed by atoms with van der Waals surface area (Å²) in [6.45, 7) is 1.58. The van der Waals surface area contributed by atoms with Crippen LogP contribution >= 0.6 is 0 Å². The predicted molar refractivity (Wildman–Crippen MR) is 72.8 cm³/mol. The second-order valence-electron chi connectivity index (χ2n) is 4.43. The molecule has 0 spiro atoms. The molecule has 2 N–H and O–H groups in total. The number of nitrogens with two attached hydrogens (primary N) is 1. The van der Waals surface area contributed by atoms with Crippen LogP contribution in [-0.2, 0) is 27.0 Å². The van der Waals surface area contributed by atoms with Crippen LogP contribution in [0, 0.1) is 0 Å². The maximum atomic E-state index is 12.8. The van der Waals surface area contributed by atoms with Gasteiger partial charge in [-0.25, -0.2) is 0 Å². The SMILES string of the molecule is COCCCOCCOCc1ccc(N)cc1C(F)(F)F. The minimum absolute atomic E-state index is 0.0658. The molecule has 7 heteroatoms. The second kappa shape index (κ2) is 8.86. The van der Waals surface area contributed by atoms with E-state index in [4.69, 9.17) is 19.9 Å². The quantitative estimate of drug-likeness (QED) is 0.563. The zero-order valence-corrected chi connectivity index (χ0v) is 11.9. The molecule has 120 valence electrons. The van der Waals surface area contributed by atoms with E-state index >= 15 is 0 Å². The van der Waals surface area contributed by atoms with Gasteiger partial charge >= 0.3 is 6.18 Å². The van der Waals surface area contributed by atoms with Gasteiger partial charge in [0.05, 0.1) is 25.4 Å². The van der Waals surface area contributed by atoms with E-state index in [-0.39, 0.29) is 24.5 Å². The maximum absolute atomic E-state index is 12.8. The molecule has 1 rings (SSSR count). The number of alkyl halides is 3. The van der Waals surface area contributed by atoms with Gasteiger partial charge in [0.1, 0.15) is 0 Å². The van der Waals surface area contributed by atoms with Gasteiger partial charge in [0.15, 0.2) is 0 Å². The van der Waals surface area contributed by atoms with Crippen molar-refractivity contribution in [2.75, 3.05) is 39.3 Å². The van der Waals surface area contributed by atoms with Crippen molar-refractivity contribution >= 4 is 5.69 Å². The van der Waals surface area contributed by atoms with E-state index in [9.17, 15) is 13.2 Å². The molecular formula is C14H20F3NO3. The monoisotopic (exact) mass is 307 g/mol. The summed E-state index contributed by atoms with van der Waals surface area (Å²) in [7, 11) is 1.61. The molecule has 0 heterocycles. The predicted octanol–water partition coefficient (Wildman–Crippen LogP) is 2.86. The molecule has 0 aromatic heterocycles. The van der Waals surface area contributed by atoms with Gasteiger partial charge in [-0.1, -0.05) is 6.07 Å². The van der Waals surface area contributed by atoms with Crippen molar-refractivity contribution in [3.63, 3.8) is 0 Å². The van der Waals surface area contributed by atoms with Crippen LogP contribution in [0.5, 0.6) is 0 Å². The van der Waals surface area contributed by atoms with Crippen LogP contribution in [0.25, 0.3) is 0 Å². The largest absolute Gasteiger partial charge is 0.416 e. The lowest BCUT2D eigenvalue weighted by Crippen LogP contribution is -2.12. The normalized spacial score (nSPS) is 11.8. The van der Waals surface area contributed by atoms with Crippen LogP contribution in [0.1, 0.15) is 17.5 Å². The summed E-state index contributed by atoms with van der Waals surface area (Å²) in [5, 5.41) is 0. The molecule has 0 aliphatic rings. The third-order valence-electron chi connectivity index (χ3n) is 2.71. The van der Waals surface area contributed by atoms with E-state index in [0.717, 1.165) is 12.5 Å². The van der Waals surface area contributed by atoms with Crippen LogP contribution < -0.4 is 5.73 Å². The molecule has 0 amide bonds. The summed E-state index contributed by atoms with van der Waals surface area (Å²) < 4.78 is 53.8. The van der Waals surface area contributed by atoms with E-state index in [1.165, 1.54) is 12.1 Å². The highest BCUT2D eigenvalue weighted by Gasteiger charge is 2.33. The van der Waals surface area contributed by atoms with E-state index in [0.29, 0.717) is 19.8 Å². The molecule has 0 radical (unpaired) electrons. The van der Waals surface area contributed by atoms with Gasteiger partial charge in [0.2, 0.25) is 0 Å². The zero-order chi connectivity index (χ0) is 15.7. The van der Waals surface area contributed by atoms with Crippen LogP contribution in [0.3, 0.4) is 0 Å². The summed E-state index contributed by atoms with van der Waals surface area (Å²) in [6.07, 6.45) is -3.67. The Morgan fingerprint density at radius 2 is 1.76 bits per heavy atom. The Hall–Kier alpha value is -1.31. The molecule has 0 atom stereocenters. The van der Waals surface area contributed by atoms with Gasteiger partial charge in [0, 0.05) is 26.0 Å². The van der Waals surface area contributed by atoms with Gasteiger partial charge in [-0.15, -0.1) is 0 Å². The Kier molecular flexibility index (Phi) is 7.49. The second-order valence-corrected chi connectivity index (χ2v) is 4.43. The number of rotatable bonds is 9. The fourth-order valence-electron chi connectivity index (χ4n) is 1.69. The molecule has 0 fully saturated rings. The highest BCUT2D eigenvalue weighted by molar-refractivity contribution is 5.45. The Morgan fingerprint density at radius 1 is 1.05 bits per heavy atom. The number of benzene rings is 1. The maximum Gasteiger partial charge on any atom is 0.416 e. The van der Waals surface area contributed by atoms with Crippen LogP contribution in [-0.4, -0.2) is 33.5 Å². The molecule has 0 saturated carbocycles. The van der Waals surface area contributed by atoms with Crippen LogP contribution in [0.2, 0.25) is 0 Å². The van der Waals surface area contributed by atoms with Crippen molar-refractivity contribution < 1.29 is 27.4 Å². The molecule has 0 aliphatic heterocycles. The van der Waals surface area contributed by atoms with Crippen molar-refractivity contribution in [2.45, 2.75) is 19.2 Å². The van der Waals surface area contributed by atoms with Gasteiger partial charge < -0.3 is 19.9 Å². The minimum Gasteiger partial charge on any atom is -0.399 e. The Balaban J connectivity index is 2.35. The lowest BCUT2D eigenvalue weighted by atomic mass is 10.1. The first-order valence-corrected chi connectivity index (χ1v) is 6.55. The van der Waals surface area contributed by atoms with Crippen molar-refractivity contribution in [3.8, 4) is 0 Å². The Bertz CT molecular complexity index is 424. The summed E-state index contributed by atoms with van der Waals surface area (Å²) in [5.41, 5.74) is 4.77. The molecule has 0 saturated heterocycles. The van der Waals surface area contributed by atoms with Gasteiger partial charge in [0.25, 0.3) is 0 Å². The smallest absolute Gasteiger partial charge is 0.399 e. The van der Waals surface area contributed by atoms with Gasteiger partial charge in [-0.2, -0.15) is 13.2 Å². The molecule has 0 bridgehead atoms. The minimum atomic E-state index is -4.44. The van der Waals surface area contributed by atoms with Crippen molar-refractivity contribution in [2.24, 2.45) is 0 Å². The fraction of sp³-hybridized carbons (Fsp3) is 0.571. The fourth-order valence-corrected chi connectivity index (χ4v) is 1.69. The van der Waals surface area contributed by atoms with Crippen molar-refractivity contribution in [1.82, 2.24) is 0 Å².